The van der Waals surface area contributed by atoms with Crippen LogP contribution in [0.5, 0.6) is 57.5 Å². The molecule has 9 aromatic rings. The zero-order chi connectivity index (χ0) is 79.0. The largest absolute Gasteiger partial charge is 0.508 e. The van der Waals surface area contributed by atoms with E-state index in [1.165, 1.54) is 50.7 Å². The normalized spacial score (nSPS) is 20.1. The van der Waals surface area contributed by atoms with E-state index in [-0.39, 0.29) is 40.5 Å². The molecular formula is C96H105Cl2F2N3O10. The minimum absolute atomic E-state index is 0. The second kappa shape index (κ2) is 36.9. The maximum absolute atomic E-state index is 14.5. The second-order valence-electron chi connectivity index (χ2n) is 30.7. The molecule has 592 valence electrons. The van der Waals surface area contributed by atoms with E-state index in [4.69, 9.17) is 58.0 Å². The number of halogens is 4. The predicted molar refractivity (Wildman–Crippen MR) is 452 cm³/mol. The fourth-order valence-corrected chi connectivity index (χ4v) is 16.5. The molecule has 15 rings (SSSR count). The molecule has 3 saturated heterocycles. The first-order valence-electron chi connectivity index (χ1n) is 39.3. The van der Waals surface area contributed by atoms with E-state index in [0.717, 1.165) is 147 Å². The Bertz CT molecular complexity index is 4780. The molecule has 0 aliphatic carbocycles. The van der Waals surface area contributed by atoms with Crippen molar-refractivity contribution in [3.8, 4) is 69.8 Å². The Labute approximate surface area is 675 Å². The minimum Gasteiger partial charge on any atom is -0.508 e. The van der Waals surface area contributed by atoms with Gasteiger partial charge in [-0.05, 0) is 282 Å². The molecule has 6 aliphatic heterocycles. The van der Waals surface area contributed by atoms with Crippen molar-refractivity contribution in [3.05, 3.63) is 259 Å². The van der Waals surface area contributed by atoms with Gasteiger partial charge in [0.15, 0.2) is 0 Å². The van der Waals surface area contributed by atoms with E-state index >= 15 is 0 Å². The molecule has 0 bridgehead atoms. The van der Waals surface area contributed by atoms with E-state index < -0.39 is 29.9 Å². The topological polar surface area (TPSA) is 146 Å². The van der Waals surface area contributed by atoms with Gasteiger partial charge in [-0.3, -0.25) is 14.7 Å². The number of benzene rings is 9. The number of phenolic OH excluding ortho intramolecular Hbond substituents is 4. The van der Waals surface area contributed by atoms with Crippen LogP contribution in [0.1, 0.15) is 182 Å². The summed E-state index contributed by atoms with van der Waals surface area (Å²) in [4.78, 5) is 7.55. The first-order valence-corrected chi connectivity index (χ1v) is 40.0. The first kappa shape index (κ1) is 82.5. The average molecular weight is 1570 g/mol. The highest BCUT2D eigenvalue weighted by atomic mass is 35.5. The number of hydrogen-bond acceptors (Lipinski definition) is 13. The lowest BCUT2D eigenvalue weighted by Gasteiger charge is -2.31. The molecule has 9 atom stereocenters. The molecule has 0 aromatic heterocycles. The van der Waals surface area contributed by atoms with Crippen molar-refractivity contribution in [1.82, 2.24) is 14.7 Å². The van der Waals surface area contributed by atoms with Crippen molar-refractivity contribution in [2.24, 2.45) is 17.8 Å². The zero-order valence-electron chi connectivity index (χ0n) is 65.3. The fourth-order valence-electron chi connectivity index (χ4n) is 16.3. The summed E-state index contributed by atoms with van der Waals surface area (Å²) < 4.78 is 66.7. The number of likely N-dealkylation sites (tertiary alicyclic amines) is 3. The van der Waals surface area contributed by atoms with Crippen LogP contribution in [0.2, 0.25) is 10.0 Å². The average Bonchev–Trinajstić information content (AvgIpc) is 0.875. The second-order valence-corrected chi connectivity index (χ2v) is 31.5. The van der Waals surface area contributed by atoms with Gasteiger partial charge in [-0.1, -0.05) is 125 Å². The number of nitrogens with zero attached hydrogens (tertiary/aromatic N) is 3. The summed E-state index contributed by atoms with van der Waals surface area (Å²) in [6, 6.07) is 54.9. The lowest BCUT2D eigenvalue weighted by molar-refractivity contribution is 0.168. The number of hydrogen-bond donors (Lipinski definition) is 4. The third-order valence-electron chi connectivity index (χ3n) is 23.3. The molecule has 3 unspecified atom stereocenters. The molecule has 4 N–H and O–H groups in total. The molecule has 9 aromatic carbocycles. The Morgan fingerprint density at radius 2 is 0.743 bits per heavy atom. The van der Waals surface area contributed by atoms with Gasteiger partial charge in [-0.15, -0.1) is 6.42 Å². The quantitative estimate of drug-likeness (QED) is 0.0507. The van der Waals surface area contributed by atoms with Crippen molar-refractivity contribution >= 4 is 56.6 Å². The third-order valence-corrected chi connectivity index (χ3v) is 23.9. The van der Waals surface area contributed by atoms with Gasteiger partial charge in [0.2, 0.25) is 0 Å². The van der Waals surface area contributed by atoms with Crippen LogP contribution in [0.15, 0.2) is 182 Å². The highest BCUT2D eigenvalue weighted by molar-refractivity contribution is 6.31. The van der Waals surface area contributed by atoms with Crippen LogP contribution in [-0.4, -0.2) is 112 Å². The molecule has 13 nitrogen and oxygen atoms in total. The van der Waals surface area contributed by atoms with E-state index in [2.05, 4.69) is 62.2 Å². The third kappa shape index (κ3) is 19.1. The van der Waals surface area contributed by atoms with Gasteiger partial charge in [-0.25, -0.2) is 8.78 Å². The molecule has 0 spiro atoms. The van der Waals surface area contributed by atoms with Crippen molar-refractivity contribution in [3.63, 3.8) is 0 Å². The SMILES string of the molecule is C.C#Cc1cc(O)cc(C2=C(C)c3cc(O)ccc3OC2c2ccc(OC[C@H](C)N3CC[C@@H](CC)C3)cc2)c1.CC[C@@H]1CCN([C@@H](C)COc2ccc(C3Oc4ccc(O)cc4C(C)=C3c3ccc(Cl)c(F)c3)cc2)C1.CC[C@@H]1CCN([C@@H](C)COc2ccc(C3Oc4ccc(O)cc4C(C)=C3c3ccc(Cl)c(F)c3)cc2)C1. The number of phenols is 4. The predicted octanol–water partition coefficient (Wildman–Crippen LogP) is 22.8. The van der Waals surface area contributed by atoms with E-state index in [9.17, 15) is 29.2 Å². The van der Waals surface area contributed by atoms with Crippen LogP contribution in [0.3, 0.4) is 0 Å². The summed E-state index contributed by atoms with van der Waals surface area (Å²) in [6.07, 6.45) is 11.8. The monoisotopic (exact) mass is 1570 g/mol. The summed E-state index contributed by atoms with van der Waals surface area (Å²) in [6.45, 7) is 28.2. The first-order chi connectivity index (χ1) is 54.0. The molecule has 0 saturated carbocycles. The molecular weight excluding hydrogens is 1460 g/mol. The van der Waals surface area contributed by atoms with Crippen molar-refractivity contribution < 1.29 is 57.6 Å². The number of fused-ring (bicyclic) bond motifs is 3. The molecule has 0 radical (unpaired) electrons. The van der Waals surface area contributed by atoms with Crippen LogP contribution in [0.4, 0.5) is 8.78 Å². The summed E-state index contributed by atoms with van der Waals surface area (Å²) in [5.74, 6) is 9.07. The summed E-state index contributed by atoms with van der Waals surface area (Å²) in [7, 11) is 0. The van der Waals surface area contributed by atoms with Gasteiger partial charge < -0.3 is 48.8 Å². The fraction of sp³-hybridized carbons (Fsp3) is 0.354. The molecule has 3 fully saturated rings. The maximum atomic E-state index is 14.5. The molecule has 0 amide bonds. The van der Waals surface area contributed by atoms with Crippen molar-refractivity contribution in [1.29, 1.82) is 0 Å². The van der Waals surface area contributed by atoms with Crippen molar-refractivity contribution in [2.75, 3.05) is 59.1 Å². The van der Waals surface area contributed by atoms with Gasteiger partial charge >= 0.3 is 0 Å². The van der Waals surface area contributed by atoms with Gasteiger partial charge in [-0.2, -0.15) is 0 Å². The Morgan fingerprint density at radius 3 is 1.04 bits per heavy atom. The summed E-state index contributed by atoms with van der Waals surface area (Å²) in [5, 5.41) is 40.8. The van der Waals surface area contributed by atoms with Crippen LogP contribution < -0.4 is 28.4 Å². The van der Waals surface area contributed by atoms with E-state index in [1.54, 1.807) is 91.0 Å². The smallest absolute Gasteiger partial charge is 0.150 e. The lowest BCUT2D eigenvalue weighted by atomic mass is 9.85. The minimum atomic E-state index is -0.485. The lowest BCUT2D eigenvalue weighted by Crippen LogP contribution is -2.35. The van der Waals surface area contributed by atoms with Crippen LogP contribution >= 0.6 is 23.2 Å². The van der Waals surface area contributed by atoms with Crippen LogP contribution in [0, 0.1) is 41.7 Å². The Balaban J connectivity index is 0.000000156. The van der Waals surface area contributed by atoms with E-state index in [0.29, 0.717) is 71.9 Å². The number of ether oxygens (including phenoxy) is 6. The number of aromatic hydroxyl groups is 4. The zero-order valence-corrected chi connectivity index (χ0v) is 66.8. The number of allylic oxidation sites excluding steroid dienone is 3. The molecule has 6 aliphatic rings. The Morgan fingerprint density at radius 1 is 0.425 bits per heavy atom. The van der Waals surface area contributed by atoms with Gasteiger partial charge in [0.05, 0.1) is 10.0 Å². The summed E-state index contributed by atoms with van der Waals surface area (Å²) >= 11 is 11.9. The van der Waals surface area contributed by atoms with Gasteiger partial charge in [0.25, 0.3) is 0 Å². The molecule has 113 heavy (non-hydrogen) atoms. The van der Waals surface area contributed by atoms with Crippen molar-refractivity contribution in [2.45, 2.75) is 145 Å². The summed E-state index contributed by atoms with van der Waals surface area (Å²) in [5.41, 5.74) is 13.2. The standard InChI is InChI=1S/C33H35NO4.2C31H33ClFNO3.CH4/c1-5-23-13-14-34(19-23)21(3)20-37-29-10-7-25(8-11-29)33-32(26-15-24(6-2)16-28(36)17-26)22(4)30-18-27(35)9-12-31(30)38-33;2*1-4-21-13-14-34(17-21)19(2)18-36-25-9-5-22(6-10-25)31-30(23-7-11-27(32)28(33)15-23)20(3)26-16-24(35)8-12-29(26)37-31;/h2,7-12,15-18,21,23,33,35-36H,5,13-14,19-20H2,1,3-4H3;2*5-12,15-16,19,21,31,35H,4,13-14,17-18H2,1-3H3;1H4/t21-,23+,33?;2*19-,21+,31?;/m000./s1. The van der Waals surface area contributed by atoms with Gasteiger partial charge in [0, 0.05) is 76.7 Å². The van der Waals surface area contributed by atoms with E-state index in [1.807, 2.05) is 99.6 Å². The number of rotatable bonds is 21. The van der Waals surface area contributed by atoms with Gasteiger partial charge in [0.1, 0.15) is 107 Å². The van der Waals surface area contributed by atoms with Crippen LogP contribution in [0.25, 0.3) is 33.4 Å². The number of terminal acetylenes is 1. The highest BCUT2D eigenvalue weighted by Crippen LogP contribution is 2.52. The molecule has 17 heteroatoms. The Kier molecular flexibility index (Phi) is 27.0. The molecule has 6 heterocycles. The highest BCUT2D eigenvalue weighted by Gasteiger charge is 2.35. The Hall–Kier alpha value is -9.92. The maximum Gasteiger partial charge on any atom is 0.150 e. The van der Waals surface area contributed by atoms with Crippen LogP contribution in [-0.2, 0) is 0 Å².